The Kier molecular flexibility index (Phi) is 7.10. The number of anilines is 1. The first-order chi connectivity index (χ1) is 12.8. The van der Waals surface area contributed by atoms with Crippen LogP contribution in [0.15, 0.2) is 34.8 Å². The number of methoxy groups -OCH3 is 2. The summed E-state index contributed by atoms with van der Waals surface area (Å²) in [6.45, 7) is 3.73. The Labute approximate surface area is 171 Å². The molecule has 0 unspecified atom stereocenters. The van der Waals surface area contributed by atoms with Gasteiger partial charge in [0.25, 0.3) is 11.8 Å². The molecule has 0 saturated carbocycles. The Hall–Kier alpha value is -2.25. The van der Waals surface area contributed by atoms with Crippen molar-refractivity contribution in [2.24, 2.45) is 0 Å². The fraction of sp³-hybridized carbons (Fsp3) is 0.263. The van der Waals surface area contributed by atoms with Crippen LogP contribution in [0, 0.1) is 0 Å². The van der Waals surface area contributed by atoms with Gasteiger partial charge < -0.3 is 20.1 Å². The van der Waals surface area contributed by atoms with Crippen LogP contribution in [-0.4, -0.2) is 32.1 Å². The van der Waals surface area contributed by atoms with Crippen molar-refractivity contribution in [1.82, 2.24) is 5.32 Å². The summed E-state index contributed by atoms with van der Waals surface area (Å²) in [5.41, 5.74) is 1.05. The van der Waals surface area contributed by atoms with Crippen LogP contribution in [-0.2, 0) is 0 Å². The van der Waals surface area contributed by atoms with Crippen molar-refractivity contribution >= 4 is 45.0 Å². The summed E-state index contributed by atoms with van der Waals surface area (Å²) in [6.07, 6.45) is 0. The van der Waals surface area contributed by atoms with Crippen molar-refractivity contribution in [3.8, 4) is 11.5 Å². The van der Waals surface area contributed by atoms with Crippen molar-refractivity contribution in [1.29, 1.82) is 0 Å². The molecule has 2 aromatic rings. The van der Waals surface area contributed by atoms with E-state index in [1.165, 1.54) is 20.3 Å². The van der Waals surface area contributed by atoms with Gasteiger partial charge in [0, 0.05) is 17.2 Å². The third kappa shape index (κ3) is 5.14. The van der Waals surface area contributed by atoms with Crippen LogP contribution >= 0.6 is 27.5 Å². The molecule has 2 N–H and O–H groups in total. The van der Waals surface area contributed by atoms with Crippen LogP contribution < -0.4 is 20.1 Å². The van der Waals surface area contributed by atoms with Gasteiger partial charge in [0.2, 0.25) is 0 Å². The van der Waals surface area contributed by atoms with E-state index in [9.17, 15) is 9.59 Å². The zero-order valence-electron chi connectivity index (χ0n) is 15.4. The maximum atomic E-state index is 12.7. The zero-order chi connectivity index (χ0) is 20.1. The van der Waals surface area contributed by atoms with Gasteiger partial charge in [-0.1, -0.05) is 11.6 Å². The average molecular weight is 456 g/mol. The van der Waals surface area contributed by atoms with E-state index in [-0.39, 0.29) is 11.9 Å². The van der Waals surface area contributed by atoms with Crippen LogP contribution in [0.3, 0.4) is 0 Å². The number of ether oxygens (including phenoxy) is 2. The molecule has 0 aliphatic carbocycles. The van der Waals surface area contributed by atoms with Crippen LogP contribution in [0.1, 0.15) is 34.6 Å². The largest absolute Gasteiger partial charge is 0.495 e. The molecule has 2 aromatic carbocycles. The van der Waals surface area contributed by atoms with Crippen LogP contribution in [0.4, 0.5) is 5.69 Å². The standard InChI is InChI=1S/C19H20BrClN2O4/c1-10(2)22-18(24)11-5-6-13(21)14(7-11)23-19(25)12-8-15(26-3)17(20)16(9-12)27-4/h5-10H,1-4H3,(H,22,24)(H,23,25). The second kappa shape index (κ2) is 9.10. The molecule has 144 valence electrons. The van der Waals surface area contributed by atoms with E-state index >= 15 is 0 Å². The first-order valence-electron chi connectivity index (χ1n) is 8.10. The van der Waals surface area contributed by atoms with Gasteiger partial charge in [-0.3, -0.25) is 9.59 Å². The minimum absolute atomic E-state index is 0.00563. The smallest absolute Gasteiger partial charge is 0.255 e. The van der Waals surface area contributed by atoms with Crippen LogP contribution in [0.2, 0.25) is 5.02 Å². The second-order valence-corrected chi connectivity index (χ2v) is 7.17. The van der Waals surface area contributed by atoms with Crippen LogP contribution in [0.5, 0.6) is 11.5 Å². The minimum atomic E-state index is -0.414. The third-order valence-corrected chi connectivity index (χ3v) is 4.72. The third-order valence-electron chi connectivity index (χ3n) is 3.60. The second-order valence-electron chi connectivity index (χ2n) is 5.97. The number of hydrogen-bond acceptors (Lipinski definition) is 4. The molecule has 0 heterocycles. The van der Waals surface area contributed by atoms with Gasteiger partial charge in [-0.25, -0.2) is 0 Å². The lowest BCUT2D eigenvalue weighted by Gasteiger charge is -2.13. The SMILES string of the molecule is COc1cc(C(=O)Nc2cc(C(=O)NC(C)C)ccc2Cl)cc(OC)c1Br. The van der Waals surface area contributed by atoms with E-state index in [4.69, 9.17) is 21.1 Å². The summed E-state index contributed by atoms with van der Waals surface area (Å²) in [6, 6.07) is 7.84. The minimum Gasteiger partial charge on any atom is -0.495 e. The van der Waals surface area contributed by atoms with E-state index < -0.39 is 5.91 Å². The Morgan fingerprint density at radius 2 is 1.59 bits per heavy atom. The van der Waals surface area contributed by atoms with Gasteiger partial charge >= 0.3 is 0 Å². The normalized spacial score (nSPS) is 10.5. The molecule has 0 aliphatic heterocycles. The van der Waals surface area contributed by atoms with Gasteiger partial charge in [-0.2, -0.15) is 0 Å². The van der Waals surface area contributed by atoms with E-state index in [2.05, 4.69) is 26.6 Å². The predicted molar refractivity (Wildman–Crippen MR) is 109 cm³/mol. The topological polar surface area (TPSA) is 76.7 Å². The Balaban J connectivity index is 2.31. The molecule has 0 saturated heterocycles. The number of rotatable bonds is 6. The van der Waals surface area contributed by atoms with Gasteiger partial charge in [0.05, 0.1) is 24.9 Å². The fourth-order valence-electron chi connectivity index (χ4n) is 2.30. The van der Waals surface area contributed by atoms with Crippen molar-refractivity contribution in [2.75, 3.05) is 19.5 Å². The molecule has 2 rings (SSSR count). The average Bonchev–Trinajstić information content (AvgIpc) is 2.62. The lowest BCUT2D eigenvalue weighted by molar-refractivity contribution is 0.0942. The molecule has 0 fully saturated rings. The molecular formula is C19H20BrClN2O4. The number of nitrogens with one attached hydrogen (secondary N) is 2. The highest BCUT2D eigenvalue weighted by Crippen LogP contribution is 2.36. The molecule has 6 nitrogen and oxygen atoms in total. The number of hydrogen-bond donors (Lipinski definition) is 2. The number of carbonyl (C=O) groups excluding carboxylic acids is 2. The Morgan fingerprint density at radius 1 is 1.00 bits per heavy atom. The molecule has 0 aliphatic rings. The lowest BCUT2D eigenvalue weighted by atomic mass is 10.1. The maximum absolute atomic E-state index is 12.7. The first-order valence-corrected chi connectivity index (χ1v) is 9.27. The molecule has 8 heteroatoms. The summed E-state index contributed by atoms with van der Waals surface area (Å²) < 4.78 is 11.1. The highest BCUT2D eigenvalue weighted by atomic mass is 79.9. The van der Waals surface area contributed by atoms with E-state index in [0.29, 0.717) is 37.8 Å². The molecule has 0 radical (unpaired) electrons. The Morgan fingerprint density at radius 3 is 2.11 bits per heavy atom. The van der Waals surface area contributed by atoms with E-state index in [1.807, 2.05) is 13.8 Å². The number of amides is 2. The summed E-state index contributed by atoms with van der Waals surface area (Å²) in [4.78, 5) is 24.8. The first kappa shape index (κ1) is 21.1. The highest BCUT2D eigenvalue weighted by Gasteiger charge is 2.17. The van der Waals surface area contributed by atoms with Gasteiger partial charge in [-0.15, -0.1) is 0 Å². The predicted octanol–water partition coefficient (Wildman–Crippen LogP) is 4.51. The number of benzene rings is 2. The molecule has 2 amide bonds. The maximum Gasteiger partial charge on any atom is 0.255 e. The van der Waals surface area contributed by atoms with Crippen molar-refractivity contribution in [3.05, 3.63) is 51.0 Å². The molecule has 0 bridgehead atoms. The van der Waals surface area contributed by atoms with E-state index in [1.54, 1.807) is 24.3 Å². The summed E-state index contributed by atoms with van der Waals surface area (Å²) in [7, 11) is 2.99. The number of halogens is 2. The van der Waals surface area contributed by atoms with E-state index in [0.717, 1.165) is 0 Å². The lowest BCUT2D eigenvalue weighted by Crippen LogP contribution is -2.30. The molecular weight excluding hydrogens is 436 g/mol. The monoisotopic (exact) mass is 454 g/mol. The molecule has 0 aromatic heterocycles. The van der Waals surface area contributed by atoms with Gasteiger partial charge in [0.15, 0.2) is 0 Å². The quantitative estimate of drug-likeness (QED) is 0.672. The number of carbonyl (C=O) groups is 2. The zero-order valence-corrected chi connectivity index (χ0v) is 17.7. The van der Waals surface area contributed by atoms with Crippen molar-refractivity contribution in [3.63, 3.8) is 0 Å². The summed E-state index contributed by atoms with van der Waals surface area (Å²) >= 11 is 9.54. The summed E-state index contributed by atoms with van der Waals surface area (Å²) in [5.74, 6) is 0.248. The molecule has 0 spiro atoms. The van der Waals surface area contributed by atoms with Crippen LogP contribution in [0.25, 0.3) is 0 Å². The fourth-order valence-corrected chi connectivity index (χ4v) is 3.02. The van der Waals surface area contributed by atoms with Crippen molar-refractivity contribution in [2.45, 2.75) is 19.9 Å². The molecule has 0 atom stereocenters. The van der Waals surface area contributed by atoms with Crippen molar-refractivity contribution < 1.29 is 19.1 Å². The highest BCUT2D eigenvalue weighted by molar-refractivity contribution is 9.10. The molecule has 27 heavy (non-hydrogen) atoms. The summed E-state index contributed by atoms with van der Waals surface area (Å²) in [5, 5.41) is 5.83. The Bertz CT molecular complexity index is 846. The van der Waals surface area contributed by atoms with Gasteiger partial charge in [-0.05, 0) is 60.1 Å². The van der Waals surface area contributed by atoms with Gasteiger partial charge in [0.1, 0.15) is 16.0 Å².